The summed E-state index contributed by atoms with van der Waals surface area (Å²) in [6, 6.07) is 0. The number of nitrogens with zero attached hydrogens (tertiary/aromatic N) is 2. The number of hydrogen-bond donors (Lipinski definition) is 0. The molecule has 0 saturated carbocycles. The van der Waals surface area contributed by atoms with Gasteiger partial charge in [0.05, 0.1) is 10.7 Å². The quantitative estimate of drug-likeness (QED) is 0.747. The normalized spacial score (nSPS) is 8.73. The summed E-state index contributed by atoms with van der Waals surface area (Å²) in [7, 11) is 0. The van der Waals surface area contributed by atoms with Crippen molar-refractivity contribution in [1.82, 2.24) is 9.78 Å². The van der Waals surface area contributed by atoms with Gasteiger partial charge < -0.3 is 0 Å². The maximum Gasteiger partial charge on any atom is 0.0632 e. The van der Waals surface area contributed by atoms with E-state index < -0.39 is 0 Å². The first-order chi connectivity index (χ1) is 5.33. The molecule has 0 bridgehead atoms. The number of halogens is 1. The van der Waals surface area contributed by atoms with Crippen LogP contribution >= 0.6 is 15.9 Å². The van der Waals surface area contributed by atoms with E-state index in [1.807, 2.05) is 24.7 Å². The van der Waals surface area contributed by atoms with Crippen LogP contribution in [0.5, 0.6) is 0 Å². The molecular formula is C8H15BrN2. The highest BCUT2D eigenvalue weighted by molar-refractivity contribution is 9.10. The molecule has 3 heteroatoms. The Morgan fingerprint density at radius 3 is 2.55 bits per heavy atom. The van der Waals surface area contributed by atoms with Crippen LogP contribution < -0.4 is 0 Å². The maximum atomic E-state index is 4.08. The second-order valence-electron chi connectivity index (χ2n) is 1.92. The van der Waals surface area contributed by atoms with Crippen LogP contribution in [0.25, 0.3) is 0 Å². The molecule has 0 aliphatic rings. The van der Waals surface area contributed by atoms with Crippen molar-refractivity contribution >= 4 is 15.9 Å². The summed E-state index contributed by atoms with van der Waals surface area (Å²) >= 11 is 3.32. The second kappa shape index (κ2) is 6.40. The van der Waals surface area contributed by atoms with Gasteiger partial charge in [-0.05, 0) is 22.4 Å². The third kappa shape index (κ3) is 4.19. The molecule has 2 nitrogen and oxygen atoms in total. The molecule has 0 unspecified atom stereocenters. The van der Waals surface area contributed by atoms with Crippen molar-refractivity contribution in [2.75, 3.05) is 0 Å². The van der Waals surface area contributed by atoms with Gasteiger partial charge >= 0.3 is 0 Å². The number of rotatable bonds is 2. The van der Waals surface area contributed by atoms with E-state index in [4.69, 9.17) is 0 Å². The summed E-state index contributed by atoms with van der Waals surface area (Å²) in [5.74, 6) is 0. The first-order valence-electron chi connectivity index (χ1n) is 4.01. The molecule has 11 heavy (non-hydrogen) atoms. The van der Waals surface area contributed by atoms with E-state index in [1.54, 1.807) is 6.20 Å². The highest BCUT2D eigenvalue weighted by Crippen LogP contribution is 2.05. The van der Waals surface area contributed by atoms with Crippen molar-refractivity contribution in [3.05, 3.63) is 16.9 Å². The Labute approximate surface area is 76.7 Å². The van der Waals surface area contributed by atoms with E-state index >= 15 is 0 Å². The Morgan fingerprint density at radius 2 is 2.18 bits per heavy atom. The summed E-state index contributed by atoms with van der Waals surface area (Å²) in [6.45, 7) is 7.14. The first-order valence-corrected chi connectivity index (χ1v) is 4.80. The highest BCUT2D eigenvalue weighted by atomic mass is 79.9. The molecular weight excluding hydrogens is 204 g/mol. The smallest absolute Gasteiger partial charge is 0.0632 e. The van der Waals surface area contributed by atoms with E-state index in [0.29, 0.717) is 0 Å². The molecule has 0 atom stereocenters. The molecule has 1 aromatic rings. The van der Waals surface area contributed by atoms with Gasteiger partial charge in [-0.3, -0.25) is 4.68 Å². The van der Waals surface area contributed by atoms with Gasteiger partial charge in [0.15, 0.2) is 0 Å². The minimum atomic E-state index is 1.01. The Morgan fingerprint density at radius 1 is 1.55 bits per heavy atom. The maximum absolute atomic E-state index is 4.08. The van der Waals surface area contributed by atoms with Gasteiger partial charge in [0.25, 0.3) is 0 Å². The van der Waals surface area contributed by atoms with E-state index in [2.05, 4.69) is 28.0 Å². The molecule has 0 aromatic carbocycles. The standard InChI is InChI=1S/C6H9BrN2.C2H6/c1-2-3-9-5-6(7)4-8-9;1-2/h4-5H,2-3H2,1H3;1-2H3. The zero-order valence-electron chi connectivity index (χ0n) is 7.34. The molecule has 0 radical (unpaired) electrons. The van der Waals surface area contributed by atoms with Crippen molar-refractivity contribution < 1.29 is 0 Å². The van der Waals surface area contributed by atoms with E-state index in [1.165, 1.54) is 0 Å². The fourth-order valence-corrected chi connectivity index (χ4v) is 1.02. The Balaban J connectivity index is 0.000000461. The van der Waals surface area contributed by atoms with Crippen LogP contribution in [0.15, 0.2) is 16.9 Å². The van der Waals surface area contributed by atoms with Gasteiger partial charge in [0.2, 0.25) is 0 Å². The van der Waals surface area contributed by atoms with Crippen molar-refractivity contribution in [3.8, 4) is 0 Å². The SMILES string of the molecule is CC.CCCn1cc(Br)cn1. The predicted molar refractivity (Wildman–Crippen MR) is 51.6 cm³/mol. The summed E-state index contributed by atoms with van der Waals surface area (Å²) < 4.78 is 2.97. The minimum absolute atomic E-state index is 1.01. The van der Waals surface area contributed by atoms with Crippen LogP contribution in [0.3, 0.4) is 0 Å². The number of aryl methyl sites for hydroxylation is 1. The summed E-state index contributed by atoms with van der Waals surface area (Å²) in [4.78, 5) is 0. The summed E-state index contributed by atoms with van der Waals surface area (Å²) in [6.07, 6.45) is 4.91. The average molecular weight is 219 g/mol. The Bertz CT molecular complexity index is 184. The fraction of sp³-hybridized carbons (Fsp3) is 0.625. The third-order valence-electron chi connectivity index (χ3n) is 1.05. The first kappa shape index (κ1) is 10.7. The zero-order chi connectivity index (χ0) is 8.69. The molecule has 0 spiro atoms. The summed E-state index contributed by atoms with van der Waals surface area (Å²) in [5, 5.41) is 4.08. The molecule has 0 fully saturated rings. The van der Waals surface area contributed by atoms with Gasteiger partial charge in [-0.25, -0.2) is 0 Å². The molecule has 64 valence electrons. The van der Waals surface area contributed by atoms with E-state index in [-0.39, 0.29) is 0 Å². The number of aromatic nitrogens is 2. The van der Waals surface area contributed by atoms with Gasteiger partial charge in [-0.1, -0.05) is 20.8 Å². The van der Waals surface area contributed by atoms with Crippen LogP contribution in [0, 0.1) is 0 Å². The lowest BCUT2D eigenvalue weighted by atomic mass is 10.5. The van der Waals surface area contributed by atoms with Crippen LogP contribution in [-0.2, 0) is 6.54 Å². The lowest BCUT2D eigenvalue weighted by molar-refractivity contribution is 0.602. The predicted octanol–water partition coefficient (Wildman–Crippen LogP) is 3.08. The molecule has 0 aliphatic heterocycles. The van der Waals surface area contributed by atoms with Crippen LogP contribution in [0.2, 0.25) is 0 Å². The Hall–Kier alpha value is -0.310. The fourth-order valence-electron chi connectivity index (χ4n) is 0.690. The Kier molecular flexibility index (Phi) is 6.22. The molecule has 0 N–H and O–H groups in total. The van der Waals surface area contributed by atoms with E-state index in [0.717, 1.165) is 17.4 Å². The lowest BCUT2D eigenvalue weighted by Gasteiger charge is -1.93. The number of hydrogen-bond acceptors (Lipinski definition) is 1. The monoisotopic (exact) mass is 218 g/mol. The second-order valence-corrected chi connectivity index (χ2v) is 2.84. The highest BCUT2D eigenvalue weighted by Gasteiger charge is 1.90. The molecule has 0 amide bonds. The largest absolute Gasteiger partial charge is 0.272 e. The topological polar surface area (TPSA) is 17.8 Å². The van der Waals surface area contributed by atoms with Gasteiger partial charge in [-0.15, -0.1) is 0 Å². The van der Waals surface area contributed by atoms with Crippen molar-refractivity contribution in [2.24, 2.45) is 0 Å². The van der Waals surface area contributed by atoms with Crippen LogP contribution in [0.1, 0.15) is 27.2 Å². The van der Waals surface area contributed by atoms with Crippen molar-refractivity contribution in [3.63, 3.8) is 0 Å². The summed E-state index contributed by atoms with van der Waals surface area (Å²) in [5.41, 5.74) is 0. The van der Waals surface area contributed by atoms with Crippen molar-refractivity contribution in [1.29, 1.82) is 0 Å². The van der Waals surface area contributed by atoms with Crippen molar-refractivity contribution in [2.45, 2.75) is 33.7 Å². The van der Waals surface area contributed by atoms with Gasteiger partial charge in [-0.2, -0.15) is 5.10 Å². The minimum Gasteiger partial charge on any atom is -0.272 e. The van der Waals surface area contributed by atoms with E-state index in [9.17, 15) is 0 Å². The molecule has 1 aromatic heterocycles. The van der Waals surface area contributed by atoms with Crippen LogP contribution in [-0.4, -0.2) is 9.78 Å². The third-order valence-corrected chi connectivity index (χ3v) is 1.46. The van der Waals surface area contributed by atoms with Gasteiger partial charge in [0.1, 0.15) is 0 Å². The molecule has 0 saturated heterocycles. The zero-order valence-corrected chi connectivity index (χ0v) is 8.93. The average Bonchev–Trinajstić information content (AvgIpc) is 2.41. The van der Waals surface area contributed by atoms with Crippen LogP contribution in [0.4, 0.5) is 0 Å². The molecule has 1 rings (SSSR count). The molecule has 1 heterocycles. The lowest BCUT2D eigenvalue weighted by Crippen LogP contribution is -1.95. The van der Waals surface area contributed by atoms with Gasteiger partial charge in [0, 0.05) is 12.7 Å². The molecule has 0 aliphatic carbocycles.